The molecule has 25 heavy (non-hydrogen) atoms. The largest absolute Gasteiger partial charge is 0.379 e. The standard InChI is InChI=1S/C19H25FN2O3/c1-13(2)25-10-6-9-22-19(24)16(12-21)18(23)11-14(3)15-7-4-5-8-17(15)20/h4-5,7-8,13-14,16H,6,9-11H2,1-3H3,(H,22,24)/t14-,16+/m0/s1. The number of ether oxygens (including phenoxy) is 1. The molecule has 6 heteroatoms. The highest BCUT2D eigenvalue weighted by Gasteiger charge is 2.28. The van der Waals surface area contributed by atoms with Crippen LogP contribution in [0.25, 0.3) is 0 Å². The van der Waals surface area contributed by atoms with E-state index < -0.39 is 29.3 Å². The lowest BCUT2D eigenvalue weighted by atomic mass is 9.90. The Kier molecular flexibility index (Phi) is 8.79. The maximum Gasteiger partial charge on any atom is 0.245 e. The second kappa shape index (κ2) is 10.6. The summed E-state index contributed by atoms with van der Waals surface area (Å²) in [6, 6.07) is 7.93. The van der Waals surface area contributed by atoms with Crippen LogP contribution in [0.2, 0.25) is 0 Å². The van der Waals surface area contributed by atoms with Crippen LogP contribution in [0.4, 0.5) is 4.39 Å². The Labute approximate surface area is 148 Å². The first-order valence-corrected chi connectivity index (χ1v) is 8.42. The molecule has 0 fully saturated rings. The first-order chi connectivity index (χ1) is 11.9. The Morgan fingerprint density at radius 2 is 1.96 bits per heavy atom. The molecule has 0 heterocycles. The van der Waals surface area contributed by atoms with E-state index in [0.717, 1.165) is 0 Å². The quantitative estimate of drug-likeness (QED) is 0.521. The fourth-order valence-corrected chi connectivity index (χ4v) is 2.39. The van der Waals surface area contributed by atoms with Gasteiger partial charge in [-0.05, 0) is 37.8 Å². The second-order valence-electron chi connectivity index (χ2n) is 6.22. The molecule has 0 aliphatic heterocycles. The molecule has 0 bridgehead atoms. The molecule has 2 atom stereocenters. The Morgan fingerprint density at radius 3 is 2.56 bits per heavy atom. The fourth-order valence-electron chi connectivity index (χ4n) is 2.39. The normalized spacial score (nSPS) is 13.1. The van der Waals surface area contributed by atoms with Crippen LogP contribution in [0.5, 0.6) is 0 Å². The van der Waals surface area contributed by atoms with Crippen LogP contribution in [0.3, 0.4) is 0 Å². The fraction of sp³-hybridized carbons (Fsp3) is 0.526. The van der Waals surface area contributed by atoms with E-state index in [1.54, 1.807) is 31.2 Å². The third-order valence-corrected chi connectivity index (χ3v) is 3.73. The molecule has 0 saturated heterocycles. The minimum Gasteiger partial charge on any atom is -0.379 e. The van der Waals surface area contributed by atoms with Crippen molar-refractivity contribution < 1.29 is 18.7 Å². The van der Waals surface area contributed by atoms with Crippen molar-refractivity contribution in [2.24, 2.45) is 5.92 Å². The molecule has 136 valence electrons. The van der Waals surface area contributed by atoms with Crippen LogP contribution in [-0.4, -0.2) is 30.9 Å². The maximum atomic E-state index is 13.8. The van der Waals surface area contributed by atoms with Crippen molar-refractivity contribution in [3.8, 4) is 6.07 Å². The van der Waals surface area contributed by atoms with Crippen LogP contribution in [0, 0.1) is 23.1 Å². The van der Waals surface area contributed by atoms with Gasteiger partial charge in [-0.3, -0.25) is 9.59 Å². The molecule has 0 unspecified atom stereocenters. The number of nitrogens with zero attached hydrogens (tertiary/aromatic N) is 1. The SMILES string of the molecule is CC(C)OCCCNC(=O)[C@H](C#N)C(=O)C[C@H](C)c1ccccc1F. The zero-order chi connectivity index (χ0) is 18.8. The summed E-state index contributed by atoms with van der Waals surface area (Å²) in [5.41, 5.74) is 0.402. The Hall–Kier alpha value is -2.26. The van der Waals surface area contributed by atoms with Crippen molar-refractivity contribution >= 4 is 11.7 Å². The van der Waals surface area contributed by atoms with Crippen molar-refractivity contribution in [1.29, 1.82) is 5.26 Å². The number of halogens is 1. The number of benzene rings is 1. The van der Waals surface area contributed by atoms with Crippen LogP contribution in [0.1, 0.15) is 45.1 Å². The summed E-state index contributed by atoms with van der Waals surface area (Å²) in [5.74, 6) is -3.30. The van der Waals surface area contributed by atoms with Gasteiger partial charge in [0.2, 0.25) is 5.91 Å². The van der Waals surface area contributed by atoms with Crippen LogP contribution in [0.15, 0.2) is 24.3 Å². The lowest BCUT2D eigenvalue weighted by Crippen LogP contribution is -2.36. The number of carbonyl (C=O) groups is 2. The molecular weight excluding hydrogens is 323 g/mol. The zero-order valence-electron chi connectivity index (χ0n) is 14.9. The molecule has 0 aliphatic rings. The zero-order valence-corrected chi connectivity index (χ0v) is 14.9. The first-order valence-electron chi connectivity index (χ1n) is 8.42. The van der Waals surface area contributed by atoms with E-state index in [9.17, 15) is 14.0 Å². The number of hydrogen-bond acceptors (Lipinski definition) is 4. The van der Waals surface area contributed by atoms with Gasteiger partial charge in [0.15, 0.2) is 11.7 Å². The van der Waals surface area contributed by atoms with Crippen LogP contribution >= 0.6 is 0 Å². The lowest BCUT2D eigenvalue weighted by Gasteiger charge is -2.14. The first kappa shape index (κ1) is 20.8. The molecule has 0 saturated carbocycles. The van der Waals surface area contributed by atoms with E-state index in [0.29, 0.717) is 25.1 Å². The van der Waals surface area contributed by atoms with Gasteiger partial charge in [0.25, 0.3) is 0 Å². The number of Topliss-reactive ketones (excluding diaryl/α,β-unsaturated/α-hetero) is 1. The average Bonchev–Trinajstić information content (AvgIpc) is 2.55. The molecule has 1 aromatic rings. The van der Waals surface area contributed by atoms with Gasteiger partial charge in [-0.2, -0.15) is 5.26 Å². The third kappa shape index (κ3) is 7.02. The number of hydrogen-bond donors (Lipinski definition) is 1. The monoisotopic (exact) mass is 348 g/mol. The smallest absolute Gasteiger partial charge is 0.245 e. The molecule has 0 radical (unpaired) electrons. The molecule has 1 amide bonds. The number of nitrogens with one attached hydrogen (secondary N) is 1. The van der Waals surface area contributed by atoms with E-state index in [-0.39, 0.29) is 12.5 Å². The molecule has 1 rings (SSSR count). The van der Waals surface area contributed by atoms with Gasteiger partial charge in [0.1, 0.15) is 5.82 Å². The highest BCUT2D eigenvalue weighted by Crippen LogP contribution is 2.23. The van der Waals surface area contributed by atoms with E-state index in [2.05, 4.69) is 5.32 Å². The van der Waals surface area contributed by atoms with Gasteiger partial charge in [0.05, 0.1) is 12.2 Å². The summed E-state index contributed by atoms with van der Waals surface area (Å²) in [6.45, 7) is 6.36. The summed E-state index contributed by atoms with van der Waals surface area (Å²) in [4.78, 5) is 24.3. The summed E-state index contributed by atoms with van der Waals surface area (Å²) < 4.78 is 19.1. The molecule has 1 aromatic carbocycles. The van der Waals surface area contributed by atoms with Gasteiger partial charge in [-0.25, -0.2) is 4.39 Å². The summed E-state index contributed by atoms with van der Waals surface area (Å²) >= 11 is 0. The van der Waals surface area contributed by atoms with E-state index >= 15 is 0 Å². The number of carbonyl (C=O) groups excluding carboxylic acids is 2. The van der Waals surface area contributed by atoms with Gasteiger partial charge in [-0.15, -0.1) is 0 Å². The van der Waals surface area contributed by atoms with Crippen molar-refractivity contribution in [2.45, 2.75) is 45.6 Å². The molecule has 1 N–H and O–H groups in total. The Morgan fingerprint density at radius 1 is 1.28 bits per heavy atom. The van der Waals surface area contributed by atoms with Gasteiger partial charge >= 0.3 is 0 Å². The molecular formula is C19H25FN2O3. The minimum atomic E-state index is -1.37. The summed E-state index contributed by atoms with van der Waals surface area (Å²) in [5, 5.41) is 11.7. The summed E-state index contributed by atoms with van der Waals surface area (Å²) in [7, 11) is 0. The molecule has 0 aromatic heterocycles. The number of ketones is 1. The van der Waals surface area contributed by atoms with Gasteiger partial charge in [-0.1, -0.05) is 25.1 Å². The summed E-state index contributed by atoms with van der Waals surface area (Å²) in [6.07, 6.45) is 0.647. The van der Waals surface area contributed by atoms with Crippen molar-refractivity contribution in [2.75, 3.05) is 13.2 Å². The lowest BCUT2D eigenvalue weighted by molar-refractivity contribution is -0.131. The van der Waals surface area contributed by atoms with E-state index in [1.165, 1.54) is 6.07 Å². The molecule has 0 aliphatic carbocycles. The van der Waals surface area contributed by atoms with Crippen molar-refractivity contribution in [1.82, 2.24) is 5.32 Å². The van der Waals surface area contributed by atoms with Gasteiger partial charge < -0.3 is 10.1 Å². The average molecular weight is 348 g/mol. The number of nitriles is 1. The Balaban J connectivity index is 2.52. The van der Waals surface area contributed by atoms with Crippen LogP contribution < -0.4 is 5.32 Å². The van der Waals surface area contributed by atoms with Crippen molar-refractivity contribution in [3.05, 3.63) is 35.6 Å². The van der Waals surface area contributed by atoms with E-state index in [4.69, 9.17) is 10.00 Å². The highest BCUT2D eigenvalue weighted by atomic mass is 19.1. The van der Waals surface area contributed by atoms with Crippen molar-refractivity contribution in [3.63, 3.8) is 0 Å². The minimum absolute atomic E-state index is 0.0664. The Bertz CT molecular complexity index is 625. The predicted octanol–water partition coefficient (Wildman–Crippen LogP) is 2.96. The van der Waals surface area contributed by atoms with Crippen LogP contribution in [-0.2, 0) is 14.3 Å². The maximum absolute atomic E-state index is 13.8. The number of rotatable bonds is 10. The van der Waals surface area contributed by atoms with E-state index in [1.807, 2.05) is 13.8 Å². The third-order valence-electron chi connectivity index (χ3n) is 3.73. The topological polar surface area (TPSA) is 79.2 Å². The second-order valence-corrected chi connectivity index (χ2v) is 6.22. The molecule has 5 nitrogen and oxygen atoms in total. The predicted molar refractivity (Wildman–Crippen MR) is 92.3 cm³/mol. The number of amides is 1. The highest BCUT2D eigenvalue weighted by molar-refractivity contribution is 6.04. The molecule has 0 spiro atoms. The van der Waals surface area contributed by atoms with Gasteiger partial charge in [0, 0.05) is 19.6 Å².